The van der Waals surface area contributed by atoms with E-state index in [2.05, 4.69) is 21.8 Å². The standard InChI is InChI=1S/C12H10N2OS2/c15-5-1-2-10-6-11(16-8-10)9-17-12-7-13-3-4-14-12/h3-4,6-8,15H,5,9H2. The number of aromatic nitrogens is 2. The second-order valence-electron chi connectivity index (χ2n) is 3.09. The van der Waals surface area contributed by atoms with E-state index in [0.29, 0.717) is 0 Å². The van der Waals surface area contributed by atoms with Crippen LogP contribution in [0.3, 0.4) is 0 Å². The molecule has 0 saturated carbocycles. The highest BCUT2D eigenvalue weighted by atomic mass is 32.2. The SMILES string of the molecule is OCC#Cc1csc(CSc2cnccn2)c1. The number of thioether (sulfide) groups is 1. The van der Waals surface area contributed by atoms with Crippen LogP contribution in [0, 0.1) is 11.8 Å². The van der Waals surface area contributed by atoms with Crippen molar-refractivity contribution in [3.05, 3.63) is 40.5 Å². The van der Waals surface area contributed by atoms with E-state index >= 15 is 0 Å². The summed E-state index contributed by atoms with van der Waals surface area (Å²) < 4.78 is 0. The second-order valence-corrected chi connectivity index (χ2v) is 5.09. The van der Waals surface area contributed by atoms with Gasteiger partial charge in [-0.15, -0.1) is 11.3 Å². The average Bonchev–Trinajstić information content (AvgIpc) is 2.83. The first-order valence-electron chi connectivity index (χ1n) is 4.94. The van der Waals surface area contributed by atoms with Gasteiger partial charge >= 0.3 is 0 Å². The maximum atomic E-state index is 8.60. The van der Waals surface area contributed by atoms with Crippen LogP contribution in [-0.4, -0.2) is 21.7 Å². The van der Waals surface area contributed by atoms with Crippen LogP contribution in [0.25, 0.3) is 0 Å². The summed E-state index contributed by atoms with van der Waals surface area (Å²) in [6, 6.07) is 2.04. The van der Waals surface area contributed by atoms with E-state index in [-0.39, 0.29) is 6.61 Å². The number of aliphatic hydroxyl groups is 1. The van der Waals surface area contributed by atoms with E-state index in [1.54, 1.807) is 41.7 Å². The molecule has 5 heteroatoms. The molecule has 1 N–H and O–H groups in total. The van der Waals surface area contributed by atoms with E-state index in [9.17, 15) is 0 Å². The predicted octanol–water partition coefficient (Wildman–Crippen LogP) is 2.17. The van der Waals surface area contributed by atoms with Gasteiger partial charge in [-0.1, -0.05) is 23.6 Å². The summed E-state index contributed by atoms with van der Waals surface area (Å²) in [6.07, 6.45) is 5.11. The molecule has 0 radical (unpaired) electrons. The van der Waals surface area contributed by atoms with Gasteiger partial charge in [-0.25, -0.2) is 4.98 Å². The van der Waals surface area contributed by atoms with E-state index in [1.165, 1.54) is 4.88 Å². The minimum absolute atomic E-state index is 0.0977. The summed E-state index contributed by atoms with van der Waals surface area (Å²) in [4.78, 5) is 9.45. The molecular formula is C12H10N2OS2. The zero-order valence-electron chi connectivity index (χ0n) is 8.96. The Bertz CT molecular complexity index is 528. The van der Waals surface area contributed by atoms with Gasteiger partial charge in [0.05, 0.1) is 6.20 Å². The number of hydrogen-bond donors (Lipinski definition) is 1. The molecule has 0 unspecified atom stereocenters. The van der Waals surface area contributed by atoms with Crippen LogP contribution < -0.4 is 0 Å². The summed E-state index contributed by atoms with van der Waals surface area (Å²) >= 11 is 3.32. The van der Waals surface area contributed by atoms with Crippen molar-refractivity contribution in [3.63, 3.8) is 0 Å². The zero-order chi connectivity index (χ0) is 11.9. The van der Waals surface area contributed by atoms with Crippen molar-refractivity contribution in [3.8, 4) is 11.8 Å². The van der Waals surface area contributed by atoms with Crippen molar-refractivity contribution in [2.24, 2.45) is 0 Å². The van der Waals surface area contributed by atoms with E-state index in [4.69, 9.17) is 5.11 Å². The minimum Gasteiger partial charge on any atom is -0.384 e. The molecule has 0 amide bonds. The first kappa shape index (κ1) is 12.1. The van der Waals surface area contributed by atoms with Crippen molar-refractivity contribution < 1.29 is 5.11 Å². The first-order valence-corrected chi connectivity index (χ1v) is 6.81. The van der Waals surface area contributed by atoms with Gasteiger partial charge in [-0.3, -0.25) is 4.98 Å². The van der Waals surface area contributed by atoms with Gasteiger partial charge in [0.1, 0.15) is 11.6 Å². The lowest BCUT2D eigenvalue weighted by molar-refractivity contribution is 0.350. The molecule has 0 fully saturated rings. The summed E-state index contributed by atoms with van der Waals surface area (Å²) in [6.45, 7) is -0.0977. The van der Waals surface area contributed by atoms with Gasteiger partial charge in [0.25, 0.3) is 0 Å². The van der Waals surface area contributed by atoms with Crippen LogP contribution >= 0.6 is 23.1 Å². The molecule has 0 bridgehead atoms. The summed E-state index contributed by atoms with van der Waals surface area (Å²) in [7, 11) is 0. The van der Waals surface area contributed by atoms with Crippen LogP contribution in [0.1, 0.15) is 10.4 Å². The minimum atomic E-state index is -0.0977. The zero-order valence-corrected chi connectivity index (χ0v) is 10.6. The molecule has 17 heavy (non-hydrogen) atoms. The third-order valence-corrected chi connectivity index (χ3v) is 3.95. The fourth-order valence-electron chi connectivity index (χ4n) is 1.17. The Morgan fingerprint density at radius 2 is 2.35 bits per heavy atom. The lowest BCUT2D eigenvalue weighted by atomic mass is 10.3. The molecule has 86 valence electrons. The van der Waals surface area contributed by atoms with Crippen LogP contribution in [0.15, 0.2) is 35.1 Å². The second kappa shape index (κ2) is 6.40. The highest BCUT2D eigenvalue weighted by Crippen LogP contribution is 2.24. The molecule has 0 saturated heterocycles. The lowest BCUT2D eigenvalue weighted by Crippen LogP contribution is -1.81. The Morgan fingerprint density at radius 3 is 3.12 bits per heavy atom. The van der Waals surface area contributed by atoms with Crippen molar-refractivity contribution in [2.45, 2.75) is 10.8 Å². The van der Waals surface area contributed by atoms with E-state index < -0.39 is 0 Å². The van der Waals surface area contributed by atoms with Gasteiger partial charge in [-0.2, -0.15) is 0 Å². The topological polar surface area (TPSA) is 46.0 Å². The van der Waals surface area contributed by atoms with Crippen molar-refractivity contribution >= 4 is 23.1 Å². The fourth-order valence-corrected chi connectivity index (χ4v) is 2.86. The van der Waals surface area contributed by atoms with Crippen molar-refractivity contribution in [1.82, 2.24) is 9.97 Å². The number of aliphatic hydroxyl groups excluding tert-OH is 1. The molecule has 0 spiro atoms. The summed E-state index contributed by atoms with van der Waals surface area (Å²) in [5.41, 5.74) is 0.957. The molecule has 0 aliphatic heterocycles. The highest BCUT2D eigenvalue weighted by molar-refractivity contribution is 7.98. The number of thiophene rings is 1. The van der Waals surface area contributed by atoms with Crippen LogP contribution in [0.5, 0.6) is 0 Å². The molecule has 0 atom stereocenters. The average molecular weight is 262 g/mol. The van der Waals surface area contributed by atoms with E-state index in [1.807, 2.05) is 11.4 Å². The predicted molar refractivity (Wildman–Crippen MR) is 69.9 cm³/mol. The van der Waals surface area contributed by atoms with Crippen molar-refractivity contribution in [2.75, 3.05) is 6.61 Å². The summed E-state index contributed by atoms with van der Waals surface area (Å²) in [5.74, 6) is 6.39. The first-order chi connectivity index (χ1) is 8.38. The maximum Gasteiger partial charge on any atom is 0.115 e. The van der Waals surface area contributed by atoms with Gasteiger partial charge < -0.3 is 5.11 Å². The van der Waals surface area contributed by atoms with Crippen LogP contribution in [-0.2, 0) is 5.75 Å². The Labute approximate surface area is 108 Å². The third kappa shape index (κ3) is 3.86. The van der Waals surface area contributed by atoms with Gasteiger partial charge in [-0.05, 0) is 6.07 Å². The van der Waals surface area contributed by atoms with Crippen LogP contribution in [0.4, 0.5) is 0 Å². The quantitative estimate of drug-likeness (QED) is 0.680. The Morgan fingerprint density at radius 1 is 1.41 bits per heavy atom. The largest absolute Gasteiger partial charge is 0.384 e. The van der Waals surface area contributed by atoms with Crippen molar-refractivity contribution in [1.29, 1.82) is 0 Å². The smallest absolute Gasteiger partial charge is 0.115 e. The molecule has 3 nitrogen and oxygen atoms in total. The molecule has 2 heterocycles. The Hall–Kier alpha value is -1.35. The normalized spacial score (nSPS) is 9.71. The Balaban J connectivity index is 1.94. The molecule has 0 aliphatic rings. The summed E-state index contributed by atoms with van der Waals surface area (Å²) in [5, 5.41) is 11.5. The molecule has 0 aromatic carbocycles. The van der Waals surface area contributed by atoms with Gasteiger partial charge in [0.15, 0.2) is 0 Å². The molecular weight excluding hydrogens is 252 g/mol. The molecule has 2 rings (SSSR count). The Kier molecular flexibility index (Phi) is 4.56. The number of hydrogen-bond acceptors (Lipinski definition) is 5. The molecule has 2 aromatic heterocycles. The molecule has 2 aromatic rings. The van der Waals surface area contributed by atoms with E-state index in [0.717, 1.165) is 16.3 Å². The van der Waals surface area contributed by atoms with Gasteiger partial charge in [0.2, 0.25) is 0 Å². The lowest BCUT2D eigenvalue weighted by Gasteiger charge is -1.96. The highest BCUT2D eigenvalue weighted by Gasteiger charge is 2.00. The van der Waals surface area contributed by atoms with Gasteiger partial charge in [0, 0.05) is 34.0 Å². The number of rotatable bonds is 3. The number of nitrogens with zero attached hydrogens (tertiary/aromatic N) is 2. The monoisotopic (exact) mass is 262 g/mol. The third-order valence-electron chi connectivity index (χ3n) is 1.87. The fraction of sp³-hybridized carbons (Fsp3) is 0.167. The molecule has 0 aliphatic carbocycles. The maximum absolute atomic E-state index is 8.60. The van der Waals surface area contributed by atoms with Crippen LogP contribution in [0.2, 0.25) is 0 Å².